The summed E-state index contributed by atoms with van der Waals surface area (Å²) in [6.45, 7) is 0.718. The minimum absolute atomic E-state index is 0.554. The zero-order valence-electron chi connectivity index (χ0n) is 10.5. The number of anilines is 1. The van der Waals surface area contributed by atoms with E-state index < -0.39 is 0 Å². The van der Waals surface area contributed by atoms with Gasteiger partial charge in [-0.2, -0.15) is 0 Å². The fourth-order valence-electron chi connectivity index (χ4n) is 1.63. The van der Waals surface area contributed by atoms with Crippen molar-refractivity contribution in [2.75, 3.05) is 19.5 Å². The number of benzene rings is 1. The maximum Gasteiger partial charge on any atom is 0.145 e. The SMILES string of the molecule is COc1cc(OC)c(NCc2cc(Br)cs2)cc1Cl. The van der Waals surface area contributed by atoms with Crippen LogP contribution in [0.25, 0.3) is 0 Å². The summed E-state index contributed by atoms with van der Waals surface area (Å²) >= 11 is 11.2. The number of halogens is 2. The van der Waals surface area contributed by atoms with Crippen LogP contribution in [0.2, 0.25) is 5.02 Å². The fourth-order valence-corrected chi connectivity index (χ4v) is 3.26. The molecular weight excluding hydrogens is 350 g/mol. The van der Waals surface area contributed by atoms with Crippen molar-refractivity contribution in [3.8, 4) is 11.5 Å². The monoisotopic (exact) mass is 361 g/mol. The Hall–Kier alpha value is -0.910. The topological polar surface area (TPSA) is 30.5 Å². The lowest BCUT2D eigenvalue weighted by molar-refractivity contribution is 0.395. The molecule has 1 aromatic carbocycles. The number of rotatable bonds is 5. The molecule has 0 spiro atoms. The molecule has 1 aromatic heterocycles. The average molecular weight is 363 g/mol. The Bertz CT molecular complexity index is 574. The number of thiophene rings is 1. The molecule has 0 saturated heterocycles. The van der Waals surface area contributed by atoms with Crippen LogP contribution in [0.15, 0.2) is 28.1 Å². The van der Waals surface area contributed by atoms with Gasteiger partial charge in [-0.25, -0.2) is 0 Å². The predicted molar refractivity (Wildman–Crippen MR) is 83.9 cm³/mol. The highest BCUT2D eigenvalue weighted by Crippen LogP contribution is 2.36. The first-order valence-corrected chi connectivity index (χ1v) is 7.57. The first-order valence-electron chi connectivity index (χ1n) is 5.52. The summed E-state index contributed by atoms with van der Waals surface area (Å²) in [4.78, 5) is 1.22. The van der Waals surface area contributed by atoms with Gasteiger partial charge in [0, 0.05) is 27.3 Å². The summed E-state index contributed by atoms with van der Waals surface area (Å²) in [5.74, 6) is 1.31. The first-order chi connectivity index (χ1) is 9.13. The second-order valence-electron chi connectivity index (χ2n) is 3.77. The standard InChI is InChI=1S/C13H13BrClNO2S/c1-17-12-5-13(18-2)11(4-10(12)15)16-6-9-3-8(14)7-19-9/h3-5,7,16H,6H2,1-2H3. The lowest BCUT2D eigenvalue weighted by Gasteiger charge is -2.13. The molecule has 0 saturated carbocycles. The van der Waals surface area contributed by atoms with E-state index >= 15 is 0 Å². The van der Waals surface area contributed by atoms with Crippen molar-refractivity contribution in [1.29, 1.82) is 0 Å². The van der Waals surface area contributed by atoms with E-state index in [2.05, 4.69) is 32.7 Å². The number of hydrogen-bond donors (Lipinski definition) is 1. The van der Waals surface area contributed by atoms with E-state index in [1.165, 1.54) is 4.88 Å². The van der Waals surface area contributed by atoms with Crippen LogP contribution in [0.1, 0.15) is 4.88 Å². The van der Waals surface area contributed by atoms with Gasteiger partial charge in [-0.05, 0) is 28.1 Å². The van der Waals surface area contributed by atoms with Gasteiger partial charge in [0.25, 0.3) is 0 Å². The molecule has 2 rings (SSSR count). The highest BCUT2D eigenvalue weighted by molar-refractivity contribution is 9.10. The van der Waals surface area contributed by atoms with Crippen molar-refractivity contribution in [2.45, 2.75) is 6.54 Å². The fraction of sp³-hybridized carbons (Fsp3) is 0.231. The molecule has 0 aliphatic carbocycles. The molecular formula is C13H13BrClNO2S. The van der Waals surface area contributed by atoms with Crippen LogP contribution >= 0.6 is 38.9 Å². The van der Waals surface area contributed by atoms with Gasteiger partial charge < -0.3 is 14.8 Å². The molecule has 0 aliphatic heterocycles. The molecule has 19 heavy (non-hydrogen) atoms. The maximum atomic E-state index is 6.12. The average Bonchev–Trinajstić information content (AvgIpc) is 2.82. The van der Waals surface area contributed by atoms with E-state index in [1.54, 1.807) is 31.6 Å². The summed E-state index contributed by atoms with van der Waals surface area (Å²) in [7, 11) is 3.20. The molecule has 0 unspecified atom stereocenters. The van der Waals surface area contributed by atoms with Crippen molar-refractivity contribution >= 4 is 44.6 Å². The maximum absolute atomic E-state index is 6.12. The Morgan fingerprint density at radius 2 is 1.95 bits per heavy atom. The van der Waals surface area contributed by atoms with E-state index in [0.717, 1.165) is 16.7 Å². The Morgan fingerprint density at radius 1 is 1.21 bits per heavy atom. The molecule has 6 heteroatoms. The Balaban J connectivity index is 2.17. The van der Waals surface area contributed by atoms with Gasteiger partial charge in [-0.15, -0.1) is 11.3 Å². The second kappa shape index (κ2) is 6.50. The molecule has 1 N–H and O–H groups in total. The Kier molecular flexibility index (Phi) is 4.96. The van der Waals surface area contributed by atoms with Gasteiger partial charge in [0.05, 0.1) is 24.9 Å². The van der Waals surface area contributed by atoms with Crippen molar-refractivity contribution in [2.24, 2.45) is 0 Å². The molecule has 1 heterocycles. The van der Waals surface area contributed by atoms with Crippen molar-refractivity contribution < 1.29 is 9.47 Å². The number of methoxy groups -OCH3 is 2. The van der Waals surface area contributed by atoms with E-state index in [-0.39, 0.29) is 0 Å². The zero-order chi connectivity index (χ0) is 13.8. The first kappa shape index (κ1) is 14.5. The minimum atomic E-state index is 0.554. The Morgan fingerprint density at radius 3 is 2.53 bits per heavy atom. The third kappa shape index (κ3) is 3.55. The van der Waals surface area contributed by atoms with E-state index in [0.29, 0.717) is 16.5 Å². The van der Waals surface area contributed by atoms with Crippen molar-refractivity contribution in [3.05, 3.63) is 38.0 Å². The molecule has 3 nitrogen and oxygen atoms in total. The molecule has 102 valence electrons. The number of ether oxygens (including phenoxy) is 2. The van der Waals surface area contributed by atoms with Crippen LogP contribution in [-0.2, 0) is 6.54 Å². The summed E-state index contributed by atoms with van der Waals surface area (Å²) in [5.41, 5.74) is 0.845. The molecule has 0 bridgehead atoms. The molecule has 0 aliphatic rings. The molecule has 2 aromatic rings. The molecule has 0 radical (unpaired) electrons. The number of hydrogen-bond acceptors (Lipinski definition) is 4. The van der Waals surface area contributed by atoms with Crippen molar-refractivity contribution in [3.63, 3.8) is 0 Å². The lowest BCUT2D eigenvalue weighted by Crippen LogP contribution is -2.00. The molecule has 0 amide bonds. The third-order valence-corrected chi connectivity index (χ3v) is 4.54. The van der Waals surface area contributed by atoms with E-state index in [9.17, 15) is 0 Å². The van der Waals surface area contributed by atoms with Crippen molar-refractivity contribution in [1.82, 2.24) is 0 Å². The van der Waals surface area contributed by atoms with Crippen LogP contribution in [-0.4, -0.2) is 14.2 Å². The predicted octanol–water partition coefficient (Wildman–Crippen LogP) is 4.79. The zero-order valence-corrected chi connectivity index (χ0v) is 13.7. The van der Waals surface area contributed by atoms with Gasteiger partial charge >= 0.3 is 0 Å². The quantitative estimate of drug-likeness (QED) is 0.829. The normalized spacial score (nSPS) is 10.3. The summed E-state index contributed by atoms with van der Waals surface area (Å²) in [6.07, 6.45) is 0. The highest BCUT2D eigenvalue weighted by Gasteiger charge is 2.10. The Labute approximate surface area is 129 Å². The van der Waals surface area contributed by atoms with Gasteiger partial charge in [-0.1, -0.05) is 11.6 Å². The summed E-state index contributed by atoms with van der Waals surface area (Å²) in [5, 5.41) is 5.92. The van der Waals surface area contributed by atoms with Crippen LogP contribution in [0.5, 0.6) is 11.5 Å². The molecule has 0 fully saturated rings. The second-order valence-corrected chi connectivity index (χ2v) is 6.09. The smallest absolute Gasteiger partial charge is 0.145 e. The number of nitrogens with one attached hydrogen (secondary N) is 1. The van der Waals surface area contributed by atoms with Crippen LogP contribution in [0.4, 0.5) is 5.69 Å². The van der Waals surface area contributed by atoms with E-state index in [4.69, 9.17) is 21.1 Å². The largest absolute Gasteiger partial charge is 0.495 e. The molecule has 0 atom stereocenters. The van der Waals surface area contributed by atoms with Gasteiger partial charge in [0.15, 0.2) is 0 Å². The summed E-state index contributed by atoms with van der Waals surface area (Å²) in [6, 6.07) is 5.66. The van der Waals surface area contributed by atoms with Crippen LogP contribution < -0.4 is 14.8 Å². The van der Waals surface area contributed by atoms with Gasteiger partial charge in [0.2, 0.25) is 0 Å². The summed E-state index contributed by atoms with van der Waals surface area (Å²) < 4.78 is 11.6. The van der Waals surface area contributed by atoms with Gasteiger partial charge in [-0.3, -0.25) is 0 Å². The van der Waals surface area contributed by atoms with Gasteiger partial charge in [0.1, 0.15) is 11.5 Å². The minimum Gasteiger partial charge on any atom is -0.495 e. The van der Waals surface area contributed by atoms with Crippen LogP contribution in [0, 0.1) is 0 Å². The highest BCUT2D eigenvalue weighted by atomic mass is 79.9. The van der Waals surface area contributed by atoms with Crippen LogP contribution in [0.3, 0.4) is 0 Å². The third-order valence-electron chi connectivity index (χ3n) is 2.55. The lowest BCUT2D eigenvalue weighted by atomic mass is 10.2. The van der Waals surface area contributed by atoms with E-state index in [1.807, 2.05) is 6.07 Å².